The third-order valence-corrected chi connectivity index (χ3v) is 4.21. The van der Waals surface area contributed by atoms with Crippen LogP contribution in [0, 0.1) is 0 Å². The summed E-state index contributed by atoms with van der Waals surface area (Å²) in [5, 5.41) is 0. The Morgan fingerprint density at radius 2 is 1.72 bits per heavy atom. The van der Waals surface area contributed by atoms with Crippen LogP contribution < -0.4 is 9.47 Å². The molecule has 0 amide bonds. The van der Waals surface area contributed by atoms with E-state index in [1.165, 1.54) is 0 Å². The lowest BCUT2D eigenvalue weighted by molar-refractivity contribution is 0.0933. The molecule has 4 heteroatoms. The minimum Gasteiger partial charge on any atom is -0.492 e. The minimum absolute atomic E-state index is 0.113. The predicted octanol–water partition coefficient (Wildman–Crippen LogP) is 4.22. The van der Waals surface area contributed by atoms with Crippen molar-refractivity contribution in [3.63, 3.8) is 0 Å². The maximum Gasteiger partial charge on any atom is 0.169 e. The summed E-state index contributed by atoms with van der Waals surface area (Å²) in [7, 11) is 0. The fourth-order valence-electron chi connectivity index (χ4n) is 2.94. The molecule has 2 heterocycles. The van der Waals surface area contributed by atoms with E-state index in [4.69, 9.17) is 9.47 Å². The number of pyridine rings is 1. The molecule has 1 aliphatic heterocycles. The Balaban J connectivity index is 1.69. The van der Waals surface area contributed by atoms with Crippen LogP contribution in [0.2, 0.25) is 0 Å². The number of aromatic nitrogens is 1. The Kier molecular flexibility index (Phi) is 4.17. The van der Waals surface area contributed by atoms with E-state index < -0.39 is 0 Å². The maximum atomic E-state index is 11.9. The summed E-state index contributed by atoms with van der Waals surface area (Å²) in [5.41, 5.74) is 2.68. The van der Waals surface area contributed by atoms with Gasteiger partial charge in [-0.3, -0.25) is 9.78 Å². The number of carbonyl (C=O) groups excluding carboxylic acids is 1. The molecular weight excluding hydrogens is 314 g/mol. The first-order chi connectivity index (χ1) is 12.3. The molecular formula is C21H17NO3. The number of ketones is 1. The van der Waals surface area contributed by atoms with E-state index in [2.05, 4.69) is 4.98 Å². The van der Waals surface area contributed by atoms with Crippen molar-refractivity contribution in [2.24, 2.45) is 0 Å². The van der Waals surface area contributed by atoms with Crippen molar-refractivity contribution in [3.05, 3.63) is 89.7 Å². The molecule has 0 N–H and O–H groups in total. The highest BCUT2D eigenvalue weighted by atomic mass is 16.5. The van der Waals surface area contributed by atoms with Gasteiger partial charge in [0.05, 0.1) is 12.2 Å². The lowest BCUT2D eigenvalue weighted by Gasteiger charge is -2.22. The van der Waals surface area contributed by atoms with Crippen LogP contribution in [0.3, 0.4) is 0 Å². The Bertz CT molecular complexity index is 839. The summed E-state index contributed by atoms with van der Waals surface area (Å²) >= 11 is 0. The van der Waals surface area contributed by atoms with Crippen LogP contribution in [0.25, 0.3) is 0 Å². The Morgan fingerprint density at radius 3 is 2.52 bits per heavy atom. The van der Waals surface area contributed by atoms with Gasteiger partial charge in [-0.15, -0.1) is 0 Å². The van der Waals surface area contributed by atoms with Crippen molar-refractivity contribution in [1.82, 2.24) is 4.98 Å². The summed E-state index contributed by atoms with van der Waals surface area (Å²) in [6.45, 7) is 0.418. The number of Topliss-reactive ketones (excluding diaryl/α,β-unsaturated/α-hetero) is 1. The van der Waals surface area contributed by atoms with Gasteiger partial charge in [0.2, 0.25) is 0 Å². The molecule has 2 aromatic carbocycles. The SMILES string of the molecule is O=C1CCOc2cc(OC(c3ccccc3)c3ccncc3)ccc21. The number of hydrogen-bond donors (Lipinski definition) is 0. The third-order valence-electron chi connectivity index (χ3n) is 4.21. The van der Waals surface area contributed by atoms with Gasteiger partial charge in [0, 0.05) is 24.9 Å². The molecule has 1 atom stereocenters. The minimum atomic E-state index is -0.262. The first-order valence-corrected chi connectivity index (χ1v) is 8.23. The molecule has 1 unspecified atom stereocenters. The summed E-state index contributed by atoms with van der Waals surface area (Å²) in [4.78, 5) is 16.0. The zero-order valence-electron chi connectivity index (χ0n) is 13.6. The number of carbonyl (C=O) groups is 1. The number of rotatable bonds is 4. The Labute approximate surface area is 146 Å². The number of benzene rings is 2. The van der Waals surface area contributed by atoms with Crippen LogP contribution in [0.5, 0.6) is 11.5 Å². The van der Waals surface area contributed by atoms with Crippen LogP contribution in [-0.4, -0.2) is 17.4 Å². The summed E-state index contributed by atoms with van der Waals surface area (Å²) < 4.78 is 11.9. The van der Waals surface area contributed by atoms with Crippen LogP contribution in [0.15, 0.2) is 73.1 Å². The highest BCUT2D eigenvalue weighted by Gasteiger charge is 2.21. The van der Waals surface area contributed by atoms with E-state index in [0.717, 1.165) is 11.1 Å². The van der Waals surface area contributed by atoms with Crippen molar-refractivity contribution in [1.29, 1.82) is 0 Å². The second-order valence-corrected chi connectivity index (χ2v) is 5.87. The molecule has 0 spiro atoms. The van der Waals surface area contributed by atoms with E-state index >= 15 is 0 Å². The molecule has 1 aliphatic rings. The van der Waals surface area contributed by atoms with Crippen molar-refractivity contribution in [2.45, 2.75) is 12.5 Å². The molecule has 0 bridgehead atoms. The molecule has 4 nitrogen and oxygen atoms in total. The quantitative estimate of drug-likeness (QED) is 0.718. The standard InChI is InChI=1S/C21H17NO3/c23-19-10-13-24-20-14-17(6-7-18(19)20)25-21(15-4-2-1-3-5-15)16-8-11-22-12-9-16/h1-9,11-12,14,21H,10,13H2. The average molecular weight is 331 g/mol. The number of hydrogen-bond acceptors (Lipinski definition) is 4. The topological polar surface area (TPSA) is 48.4 Å². The number of ether oxygens (including phenoxy) is 2. The molecule has 0 saturated heterocycles. The van der Waals surface area contributed by atoms with Crippen molar-refractivity contribution in [3.8, 4) is 11.5 Å². The van der Waals surface area contributed by atoms with Gasteiger partial charge in [-0.2, -0.15) is 0 Å². The highest BCUT2D eigenvalue weighted by molar-refractivity contribution is 5.99. The van der Waals surface area contributed by atoms with Crippen LogP contribution in [-0.2, 0) is 0 Å². The molecule has 4 rings (SSSR count). The molecule has 3 aromatic rings. The maximum absolute atomic E-state index is 11.9. The predicted molar refractivity (Wildman–Crippen MR) is 94.0 cm³/mol. The lowest BCUT2D eigenvalue weighted by Crippen LogP contribution is -2.15. The second-order valence-electron chi connectivity index (χ2n) is 5.87. The van der Waals surface area contributed by atoms with Crippen LogP contribution in [0.1, 0.15) is 34.0 Å². The number of nitrogens with zero attached hydrogens (tertiary/aromatic N) is 1. The molecule has 1 aromatic heterocycles. The van der Waals surface area contributed by atoms with Gasteiger partial charge in [-0.05, 0) is 35.4 Å². The Morgan fingerprint density at radius 1 is 0.960 bits per heavy atom. The van der Waals surface area contributed by atoms with E-state index in [-0.39, 0.29) is 11.9 Å². The van der Waals surface area contributed by atoms with E-state index in [9.17, 15) is 4.79 Å². The monoisotopic (exact) mass is 331 g/mol. The number of fused-ring (bicyclic) bond motifs is 1. The van der Waals surface area contributed by atoms with Crippen molar-refractivity contribution < 1.29 is 14.3 Å². The van der Waals surface area contributed by atoms with Gasteiger partial charge in [0.25, 0.3) is 0 Å². The zero-order chi connectivity index (χ0) is 17.1. The lowest BCUT2D eigenvalue weighted by atomic mass is 10.0. The first kappa shape index (κ1) is 15.4. The van der Waals surface area contributed by atoms with Crippen molar-refractivity contribution in [2.75, 3.05) is 6.61 Å². The molecule has 0 saturated carbocycles. The average Bonchev–Trinajstić information content (AvgIpc) is 2.68. The van der Waals surface area contributed by atoms with Gasteiger partial charge in [-0.25, -0.2) is 0 Å². The molecule has 0 fully saturated rings. The fourth-order valence-corrected chi connectivity index (χ4v) is 2.94. The molecule has 25 heavy (non-hydrogen) atoms. The smallest absolute Gasteiger partial charge is 0.169 e. The third kappa shape index (κ3) is 3.24. The summed E-state index contributed by atoms with van der Waals surface area (Å²) in [5.74, 6) is 1.37. The molecule has 0 radical (unpaired) electrons. The highest BCUT2D eigenvalue weighted by Crippen LogP contribution is 2.33. The first-order valence-electron chi connectivity index (χ1n) is 8.23. The van der Waals surface area contributed by atoms with Gasteiger partial charge in [-0.1, -0.05) is 30.3 Å². The van der Waals surface area contributed by atoms with Gasteiger partial charge < -0.3 is 9.47 Å². The van der Waals surface area contributed by atoms with E-state index in [1.54, 1.807) is 24.5 Å². The second kappa shape index (κ2) is 6.77. The van der Waals surface area contributed by atoms with Gasteiger partial charge in [0.15, 0.2) is 5.78 Å². The van der Waals surface area contributed by atoms with Crippen molar-refractivity contribution >= 4 is 5.78 Å². The Hall–Kier alpha value is -3.14. The molecule has 124 valence electrons. The summed E-state index contributed by atoms with van der Waals surface area (Å²) in [6.07, 6.45) is 3.67. The molecule has 0 aliphatic carbocycles. The van der Waals surface area contributed by atoms with E-state index in [1.807, 2.05) is 48.5 Å². The zero-order valence-corrected chi connectivity index (χ0v) is 13.6. The largest absolute Gasteiger partial charge is 0.492 e. The van der Waals surface area contributed by atoms with Crippen LogP contribution in [0.4, 0.5) is 0 Å². The normalized spacial score (nSPS) is 14.3. The van der Waals surface area contributed by atoms with E-state index in [0.29, 0.717) is 30.1 Å². The van der Waals surface area contributed by atoms with Crippen LogP contribution >= 0.6 is 0 Å². The fraction of sp³-hybridized carbons (Fsp3) is 0.143. The van der Waals surface area contributed by atoms with Gasteiger partial charge >= 0.3 is 0 Å². The summed E-state index contributed by atoms with van der Waals surface area (Å²) in [6, 6.07) is 19.3. The van der Waals surface area contributed by atoms with Gasteiger partial charge in [0.1, 0.15) is 17.6 Å².